The molecule has 1 rings (SSSR count). The highest BCUT2D eigenvalue weighted by molar-refractivity contribution is 5.76. The van der Waals surface area contributed by atoms with Crippen LogP contribution in [-0.4, -0.2) is 28.9 Å². The summed E-state index contributed by atoms with van der Waals surface area (Å²) in [5.41, 5.74) is -0.0261. The summed E-state index contributed by atoms with van der Waals surface area (Å²) in [4.78, 5) is 25.5. The zero-order valence-electron chi connectivity index (χ0n) is 11.0. The van der Waals surface area contributed by atoms with Crippen molar-refractivity contribution in [1.82, 2.24) is 10.3 Å². The molecule has 0 fully saturated rings. The molecule has 0 bridgehead atoms. The second-order valence-electron chi connectivity index (χ2n) is 4.53. The third kappa shape index (κ3) is 5.80. The number of aromatic nitrogens is 1. The summed E-state index contributed by atoms with van der Waals surface area (Å²) in [6.07, 6.45) is 1.66. The first-order valence-corrected chi connectivity index (χ1v) is 6.10. The van der Waals surface area contributed by atoms with Gasteiger partial charge < -0.3 is 10.6 Å². The lowest BCUT2D eigenvalue weighted by Gasteiger charge is -2.08. The second-order valence-corrected chi connectivity index (χ2v) is 4.53. The van der Waals surface area contributed by atoms with Gasteiger partial charge in [-0.1, -0.05) is 13.8 Å². The van der Waals surface area contributed by atoms with Crippen LogP contribution < -0.4 is 10.6 Å². The van der Waals surface area contributed by atoms with Crippen molar-refractivity contribution in [2.75, 3.05) is 18.4 Å². The van der Waals surface area contributed by atoms with Crippen LogP contribution in [0.15, 0.2) is 18.3 Å². The molecule has 1 heterocycles. The molecular formula is C12H18N4O3. The molecule has 0 aromatic carbocycles. The monoisotopic (exact) mass is 266 g/mol. The fraction of sp³-hybridized carbons (Fsp3) is 0.500. The molecule has 1 aromatic rings. The standard InChI is InChI=1S/C12H18N4O3/c1-9(2)8-15-12(17)4-6-14-11-7-10(16(18)19)3-5-13-11/h3,5,7,9H,4,6,8H2,1-2H3,(H,13,14)(H,15,17). The average molecular weight is 266 g/mol. The molecule has 0 radical (unpaired) electrons. The number of nitrogens with one attached hydrogen (secondary N) is 2. The number of carbonyl (C=O) groups excluding carboxylic acids is 1. The lowest BCUT2D eigenvalue weighted by atomic mass is 10.2. The highest BCUT2D eigenvalue weighted by atomic mass is 16.6. The van der Waals surface area contributed by atoms with Crippen molar-refractivity contribution < 1.29 is 9.72 Å². The lowest BCUT2D eigenvalue weighted by Crippen LogP contribution is -2.28. The minimum atomic E-state index is -0.484. The van der Waals surface area contributed by atoms with Gasteiger partial charge in [0.15, 0.2) is 0 Å². The van der Waals surface area contributed by atoms with E-state index in [1.165, 1.54) is 18.3 Å². The molecule has 2 N–H and O–H groups in total. The molecule has 7 heteroatoms. The van der Waals surface area contributed by atoms with E-state index in [2.05, 4.69) is 15.6 Å². The Labute approximate surface area is 111 Å². The molecular weight excluding hydrogens is 248 g/mol. The Morgan fingerprint density at radius 2 is 2.26 bits per heavy atom. The van der Waals surface area contributed by atoms with Crippen molar-refractivity contribution in [2.24, 2.45) is 5.92 Å². The molecule has 0 spiro atoms. The summed E-state index contributed by atoms with van der Waals surface area (Å²) in [7, 11) is 0. The number of anilines is 1. The Morgan fingerprint density at radius 1 is 1.53 bits per heavy atom. The number of carbonyl (C=O) groups is 1. The molecule has 0 aliphatic carbocycles. The molecule has 7 nitrogen and oxygen atoms in total. The molecule has 0 aliphatic heterocycles. The van der Waals surface area contributed by atoms with Crippen LogP contribution in [0.4, 0.5) is 11.5 Å². The fourth-order valence-electron chi connectivity index (χ4n) is 1.34. The minimum absolute atomic E-state index is 0.0261. The Balaban J connectivity index is 2.35. The van der Waals surface area contributed by atoms with Crippen molar-refractivity contribution in [3.05, 3.63) is 28.4 Å². The van der Waals surface area contributed by atoms with Crippen molar-refractivity contribution in [2.45, 2.75) is 20.3 Å². The number of rotatable bonds is 7. The van der Waals surface area contributed by atoms with Gasteiger partial charge in [0, 0.05) is 31.8 Å². The summed E-state index contributed by atoms with van der Waals surface area (Å²) < 4.78 is 0. The van der Waals surface area contributed by atoms with E-state index in [1.54, 1.807) is 0 Å². The van der Waals surface area contributed by atoms with Crippen LogP contribution >= 0.6 is 0 Å². The van der Waals surface area contributed by atoms with Gasteiger partial charge in [0.05, 0.1) is 11.0 Å². The summed E-state index contributed by atoms with van der Waals surface area (Å²) in [6, 6.07) is 2.66. The van der Waals surface area contributed by atoms with Gasteiger partial charge in [0.25, 0.3) is 5.69 Å². The maximum absolute atomic E-state index is 11.4. The maximum Gasteiger partial charge on any atom is 0.274 e. The number of amides is 1. The lowest BCUT2D eigenvalue weighted by molar-refractivity contribution is -0.384. The normalized spacial score (nSPS) is 10.3. The van der Waals surface area contributed by atoms with Crippen LogP contribution in [0, 0.1) is 16.0 Å². The molecule has 104 valence electrons. The molecule has 1 amide bonds. The number of hydrogen-bond acceptors (Lipinski definition) is 5. The Bertz CT molecular complexity index is 448. The predicted molar refractivity (Wildman–Crippen MR) is 71.8 cm³/mol. The zero-order valence-corrected chi connectivity index (χ0v) is 11.0. The molecule has 1 aromatic heterocycles. The van der Waals surface area contributed by atoms with Gasteiger partial charge >= 0.3 is 0 Å². The van der Waals surface area contributed by atoms with E-state index >= 15 is 0 Å². The van der Waals surface area contributed by atoms with Crippen LogP contribution in [0.3, 0.4) is 0 Å². The van der Waals surface area contributed by atoms with Gasteiger partial charge in [-0.25, -0.2) is 4.98 Å². The predicted octanol–water partition coefficient (Wildman–Crippen LogP) is 1.56. The number of nitro groups is 1. The Kier molecular flexibility index (Phi) is 5.72. The highest BCUT2D eigenvalue weighted by Crippen LogP contribution is 2.13. The van der Waals surface area contributed by atoms with E-state index in [1.807, 2.05) is 13.8 Å². The van der Waals surface area contributed by atoms with Crippen LogP contribution in [0.5, 0.6) is 0 Å². The van der Waals surface area contributed by atoms with Crippen LogP contribution in [0.25, 0.3) is 0 Å². The van der Waals surface area contributed by atoms with E-state index in [9.17, 15) is 14.9 Å². The molecule has 0 aliphatic rings. The second kappa shape index (κ2) is 7.30. The first-order chi connectivity index (χ1) is 8.99. The summed E-state index contributed by atoms with van der Waals surface area (Å²) in [5, 5.41) is 16.2. The van der Waals surface area contributed by atoms with Crippen molar-refractivity contribution in [3.8, 4) is 0 Å². The highest BCUT2D eigenvalue weighted by Gasteiger charge is 2.07. The van der Waals surface area contributed by atoms with Crippen LogP contribution in [0.2, 0.25) is 0 Å². The maximum atomic E-state index is 11.4. The third-order valence-electron chi connectivity index (χ3n) is 2.32. The average Bonchev–Trinajstić information content (AvgIpc) is 2.36. The quantitative estimate of drug-likeness (QED) is 0.576. The van der Waals surface area contributed by atoms with Crippen molar-refractivity contribution in [1.29, 1.82) is 0 Å². The van der Waals surface area contributed by atoms with Crippen LogP contribution in [-0.2, 0) is 4.79 Å². The minimum Gasteiger partial charge on any atom is -0.369 e. The smallest absolute Gasteiger partial charge is 0.274 e. The van der Waals surface area contributed by atoms with Gasteiger partial charge in [0.2, 0.25) is 5.91 Å². The SMILES string of the molecule is CC(C)CNC(=O)CCNc1cc([N+](=O)[O-])ccn1. The zero-order chi connectivity index (χ0) is 14.3. The van der Waals surface area contributed by atoms with Gasteiger partial charge in [-0.15, -0.1) is 0 Å². The number of hydrogen-bond donors (Lipinski definition) is 2. The molecule has 0 unspecified atom stereocenters. The third-order valence-corrected chi connectivity index (χ3v) is 2.32. The van der Waals surface area contributed by atoms with E-state index < -0.39 is 4.92 Å². The largest absolute Gasteiger partial charge is 0.369 e. The van der Waals surface area contributed by atoms with Gasteiger partial charge in [0.1, 0.15) is 5.82 Å². The Morgan fingerprint density at radius 3 is 2.89 bits per heavy atom. The summed E-state index contributed by atoms with van der Waals surface area (Å²) >= 11 is 0. The Hall–Kier alpha value is -2.18. The molecule has 0 saturated carbocycles. The topological polar surface area (TPSA) is 97.2 Å². The molecule has 0 saturated heterocycles. The van der Waals surface area contributed by atoms with Gasteiger partial charge in [-0.05, 0) is 5.92 Å². The molecule has 19 heavy (non-hydrogen) atoms. The van der Waals surface area contributed by atoms with E-state index in [0.29, 0.717) is 31.2 Å². The van der Waals surface area contributed by atoms with E-state index in [4.69, 9.17) is 0 Å². The summed E-state index contributed by atoms with van der Waals surface area (Å²) in [5.74, 6) is 0.757. The summed E-state index contributed by atoms with van der Waals surface area (Å²) in [6.45, 7) is 5.07. The molecule has 0 atom stereocenters. The first-order valence-electron chi connectivity index (χ1n) is 6.10. The van der Waals surface area contributed by atoms with Crippen molar-refractivity contribution in [3.63, 3.8) is 0 Å². The number of pyridine rings is 1. The van der Waals surface area contributed by atoms with Crippen LogP contribution in [0.1, 0.15) is 20.3 Å². The van der Waals surface area contributed by atoms with E-state index in [0.717, 1.165) is 0 Å². The van der Waals surface area contributed by atoms with Gasteiger partial charge in [-0.3, -0.25) is 14.9 Å². The van der Waals surface area contributed by atoms with Crippen molar-refractivity contribution >= 4 is 17.4 Å². The first kappa shape index (κ1) is 14.9. The fourth-order valence-corrected chi connectivity index (χ4v) is 1.34. The van der Waals surface area contributed by atoms with Gasteiger partial charge in [-0.2, -0.15) is 0 Å². The number of nitrogens with zero attached hydrogens (tertiary/aromatic N) is 2. The van der Waals surface area contributed by atoms with E-state index in [-0.39, 0.29) is 11.6 Å².